The molecule has 0 N–H and O–H groups in total. The molecular weight excluding hydrogens is 451 g/mol. The number of hydrogen-bond acceptors (Lipinski definition) is 4. The molecule has 0 unspecified atom stereocenters. The summed E-state index contributed by atoms with van der Waals surface area (Å²) in [7, 11) is 0. The molecule has 2 heterocycles. The topological polar surface area (TPSA) is 88.7 Å². The Labute approximate surface area is 202 Å². The van der Waals surface area contributed by atoms with Crippen LogP contribution < -0.4 is 0 Å². The minimum atomic E-state index is -0.697. The van der Waals surface area contributed by atoms with Crippen LogP contribution in [-0.2, 0) is 11.3 Å². The zero-order chi connectivity index (χ0) is 25.3. The van der Waals surface area contributed by atoms with Gasteiger partial charge in [0.15, 0.2) is 0 Å². The minimum Gasteiger partial charge on any atom is -0.348 e. The summed E-state index contributed by atoms with van der Waals surface area (Å²) in [4.78, 5) is 40.8. The number of carbonyl (C=O) groups is 2. The molecule has 0 bridgehead atoms. The second kappa shape index (κ2) is 9.32. The van der Waals surface area contributed by atoms with Crippen LogP contribution in [0.4, 0.5) is 10.1 Å². The van der Waals surface area contributed by atoms with E-state index >= 15 is 0 Å². The van der Waals surface area contributed by atoms with Gasteiger partial charge in [0.1, 0.15) is 12.4 Å². The molecule has 0 spiro atoms. The number of fused-ring (bicyclic) bond motifs is 1. The molecule has 0 aliphatic carbocycles. The smallest absolute Gasteiger partial charge is 0.269 e. The molecule has 0 saturated heterocycles. The monoisotopic (exact) mass is 478 g/mol. The van der Waals surface area contributed by atoms with Crippen molar-refractivity contribution in [3.63, 3.8) is 0 Å². The van der Waals surface area contributed by atoms with Crippen LogP contribution in [0.25, 0.3) is 0 Å². The van der Waals surface area contributed by atoms with Gasteiger partial charge in [-0.3, -0.25) is 19.7 Å². The molecule has 3 aromatic rings. The molecule has 1 atom stereocenters. The Bertz CT molecular complexity index is 1260. The Hall–Kier alpha value is -4.01. The fraction of sp³-hybridized carbons (Fsp3) is 0.308. The molecular formula is C26H27FN4O4. The lowest BCUT2D eigenvalue weighted by Crippen LogP contribution is -2.53. The number of nitro benzene ring substituents is 1. The molecule has 2 aromatic carbocycles. The van der Waals surface area contributed by atoms with E-state index in [1.54, 1.807) is 17.0 Å². The largest absolute Gasteiger partial charge is 0.348 e. The van der Waals surface area contributed by atoms with E-state index in [0.717, 1.165) is 11.3 Å². The Balaban J connectivity index is 1.66. The van der Waals surface area contributed by atoms with Gasteiger partial charge in [-0.1, -0.05) is 6.07 Å². The number of hydrogen-bond donors (Lipinski definition) is 0. The van der Waals surface area contributed by atoms with Gasteiger partial charge >= 0.3 is 0 Å². The van der Waals surface area contributed by atoms with Gasteiger partial charge < -0.3 is 14.4 Å². The number of non-ortho nitro benzene ring substituents is 1. The van der Waals surface area contributed by atoms with Gasteiger partial charge in [0.05, 0.1) is 11.0 Å². The Morgan fingerprint density at radius 1 is 1.09 bits per heavy atom. The minimum absolute atomic E-state index is 0.0302. The van der Waals surface area contributed by atoms with Crippen molar-refractivity contribution >= 4 is 17.5 Å². The summed E-state index contributed by atoms with van der Waals surface area (Å²) in [6, 6.07) is 15.0. The molecule has 9 heteroatoms. The number of rotatable bonds is 5. The third-order valence-electron chi connectivity index (χ3n) is 6.20. The molecule has 0 saturated carbocycles. The molecule has 0 fully saturated rings. The molecule has 1 aromatic heterocycles. The number of halogens is 1. The third-order valence-corrected chi connectivity index (χ3v) is 6.20. The van der Waals surface area contributed by atoms with Crippen molar-refractivity contribution in [3.05, 3.63) is 99.6 Å². The highest BCUT2D eigenvalue weighted by molar-refractivity contribution is 5.97. The number of carbonyl (C=O) groups excluding carboxylic acids is 2. The highest BCUT2D eigenvalue weighted by Crippen LogP contribution is 2.34. The first-order valence-electron chi connectivity index (χ1n) is 11.3. The first-order valence-corrected chi connectivity index (χ1v) is 11.3. The van der Waals surface area contributed by atoms with Crippen LogP contribution in [0.15, 0.2) is 66.9 Å². The summed E-state index contributed by atoms with van der Waals surface area (Å²) in [6.07, 6.45) is 1.93. The first-order chi connectivity index (χ1) is 16.6. The third kappa shape index (κ3) is 4.94. The van der Waals surface area contributed by atoms with Gasteiger partial charge in [0, 0.05) is 48.2 Å². The quantitative estimate of drug-likeness (QED) is 0.401. The predicted octanol–water partition coefficient (Wildman–Crippen LogP) is 4.41. The molecule has 1 aliphatic rings. The number of amides is 2. The van der Waals surface area contributed by atoms with Gasteiger partial charge in [0.25, 0.3) is 11.6 Å². The lowest BCUT2D eigenvalue weighted by atomic mass is 9.98. The van der Waals surface area contributed by atoms with Crippen molar-refractivity contribution in [2.24, 2.45) is 0 Å². The lowest BCUT2D eigenvalue weighted by molar-refractivity contribution is -0.384. The number of benzene rings is 2. The molecule has 8 nitrogen and oxygen atoms in total. The van der Waals surface area contributed by atoms with Gasteiger partial charge in [-0.05, 0) is 68.8 Å². The van der Waals surface area contributed by atoms with E-state index in [0.29, 0.717) is 13.1 Å². The maximum atomic E-state index is 13.8. The molecule has 0 radical (unpaired) electrons. The first kappa shape index (κ1) is 24.1. The average molecular weight is 479 g/mol. The van der Waals surface area contributed by atoms with Gasteiger partial charge in [-0.25, -0.2) is 4.39 Å². The summed E-state index contributed by atoms with van der Waals surface area (Å²) in [5, 5.41) is 11.1. The zero-order valence-electron chi connectivity index (χ0n) is 19.8. The molecule has 182 valence electrons. The van der Waals surface area contributed by atoms with Crippen LogP contribution in [0.1, 0.15) is 48.4 Å². The van der Waals surface area contributed by atoms with E-state index in [9.17, 15) is 24.1 Å². The van der Waals surface area contributed by atoms with E-state index in [4.69, 9.17) is 0 Å². The van der Waals surface area contributed by atoms with E-state index in [2.05, 4.69) is 4.57 Å². The van der Waals surface area contributed by atoms with Crippen LogP contribution in [-0.4, -0.2) is 49.7 Å². The van der Waals surface area contributed by atoms with Crippen LogP contribution >= 0.6 is 0 Å². The lowest BCUT2D eigenvalue weighted by Gasteiger charge is -2.41. The fourth-order valence-corrected chi connectivity index (χ4v) is 4.40. The van der Waals surface area contributed by atoms with Crippen molar-refractivity contribution < 1.29 is 18.9 Å². The summed E-state index contributed by atoms with van der Waals surface area (Å²) < 4.78 is 15.8. The number of nitro groups is 1. The normalized spacial score (nSPS) is 15.4. The van der Waals surface area contributed by atoms with Crippen molar-refractivity contribution in [1.82, 2.24) is 14.4 Å². The van der Waals surface area contributed by atoms with Gasteiger partial charge in [-0.2, -0.15) is 0 Å². The maximum Gasteiger partial charge on any atom is 0.269 e. The van der Waals surface area contributed by atoms with Crippen LogP contribution in [0.5, 0.6) is 0 Å². The summed E-state index contributed by atoms with van der Waals surface area (Å²) >= 11 is 0. The van der Waals surface area contributed by atoms with E-state index in [1.807, 2.05) is 39.1 Å². The van der Waals surface area contributed by atoms with Gasteiger partial charge in [-0.15, -0.1) is 0 Å². The zero-order valence-corrected chi connectivity index (χ0v) is 19.8. The fourth-order valence-electron chi connectivity index (χ4n) is 4.40. The van der Waals surface area contributed by atoms with Gasteiger partial charge in [0.2, 0.25) is 5.91 Å². The standard InChI is InChI=1S/C26H27FN4O4/c1-26(2,3)30(25(33)19-6-4-7-20(27)16-19)17-23(32)29-15-14-28-13-5-8-22(28)24(29)18-9-11-21(12-10-18)31(34)35/h4-13,16,24H,14-15,17H2,1-3H3/t24-/m0/s1. The highest BCUT2D eigenvalue weighted by atomic mass is 19.1. The van der Waals surface area contributed by atoms with E-state index < -0.39 is 28.2 Å². The Kier molecular flexibility index (Phi) is 6.43. The summed E-state index contributed by atoms with van der Waals surface area (Å²) in [5.41, 5.74) is 1.07. The van der Waals surface area contributed by atoms with Crippen LogP contribution in [0, 0.1) is 15.9 Å². The summed E-state index contributed by atoms with van der Waals surface area (Å²) in [6.45, 7) is 6.29. The van der Waals surface area contributed by atoms with Crippen molar-refractivity contribution in [2.75, 3.05) is 13.1 Å². The highest BCUT2D eigenvalue weighted by Gasteiger charge is 2.36. The van der Waals surface area contributed by atoms with Crippen molar-refractivity contribution in [1.29, 1.82) is 0 Å². The average Bonchev–Trinajstić information content (AvgIpc) is 3.29. The molecule has 4 rings (SSSR count). The second-order valence-electron chi connectivity index (χ2n) is 9.54. The molecule has 1 aliphatic heterocycles. The predicted molar refractivity (Wildman–Crippen MR) is 128 cm³/mol. The Morgan fingerprint density at radius 3 is 2.43 bits per heavy atom. The Morgan fingerprint density at radius 2 is 1.80 bits per heavy atom. The van der Waals surface area contributed by atoms with Crippen LogP contribution in [0.3, 0.4) is 0 Å². The number of nitrogens with zero attached hydrogens (tertiary/aromatic N) is 4. The van der Waals surface area contributed by atoms with E-state index in [-0.39, 0.29) is 23.7 Å². The number of aromatic nitrogens is 1. The van der Waals surface area contributed by atoms with Crippen molar-refractivity contribution in [2.45, 2.75) is 38.9 Å². The molecule has 35 heavy (non-hydrogen) atoms. The summed E-state index contributed by atoms with van der Waals surface area (Å²) in [5.74, 6) is -1.22. The second-order valence-corrected chi connectivity index (χ2v) is 9.54. The van der Waals surface area contributed by atoms with E-state index in [1.165, 1.54) is 41.3 Å². The van der Waals surface area contributed by atoms with Crippen LogP contribution in [0.2, 0.25) is 0 Å². The molecule has 2 amide bonds. The van der Waals surface area contributed by atoms with Crippen molar-refractivity contribution in [3.8, 4) is 0 Å². The SMILES string of the molecule is CC(C)(C)N(CC(=O)N1CCn2cccc2[C@@H]1c1ccc([N+](=O)[O-])cc1)C(=O)c1cccc(F)c1. The maximum absolute atomic E-state index is 13.8.